The Morgan fingerprint density at radius 2 is 2.00 bits per heavy atom. The smallest absolute Gasteiger partial charge is 0.144 e. The molecule has 1 heterocycles. The highest BCUT2D eigenvalue weighted by atomic mass is 35.5. The Labute approximate surface area is 127 Å². The van der Waals surface area contributed by atoms with E-state index >= 15 is 0 Å². The third kappa shape index (κ3) is 2.42. The maximum absolute atomic E-state index is 13.6. The Kier molecular flexibility index (Phi) is 3.91. The molecule has 1 atom stereocenters. The van der Waals surface area contributed by atoms with E-state index in [1.165, 1.54) is 25.3 Å². The lowest BCUT2D eigenvalue weighted by Crippen LogP contribution is -2.15. The summed E-state index contributed by atoms with van der Waals surface area (Å²) in [6.07, 6.45) is 5.96. The minimum atomic E-state index is -0.429. The number of imidazole rings is 1. The molecule has 0 radical (unpaired) electrons. The van der Waals surface area contributed by atoms with Crippen LogP contribution in [0.2, 0.25) is 5.02 Å². The molecule has 0 aliphatic heterocycles. The largest absolute Gasteiger partial charge is 0.324 e. The van der Waals surface area contributed by atoms with Gasteiger partial charge in [0.15, 0.2) is 0 Å². The second-order valence-corrected chi connectivity index (χ2v) is 6.56. The monoisotopic (exact) mass is 314 g/mol. The standard InChI is InChI=1S/C15H17Cl2FN2/c1-9(16)15-19-13-8-12(18)11(17)7-14(13)20(15)10-5-3-2-4-6-10/h7-10H,2-6H2,1H3. The fourth-order valence-corrected chi connectivity index (χ4v) is 3.42. The Morgan fingerprint density at radius 3 is 2.65 bits per heavy atom. The van der Waals surface area contributed by atoms with E-state index in [-0.39, 0.29) is 10.4 Å². The molecule has 20 heavy (non-hydrogen) atoms. The summed E-state index contributed by atoms with van der Waals surface area (Å²) in [5, 5.41) is -0.0607. The first-order chi connectivity index (χ1) is 9.58. The Bertz CT molecular complexity index is 630. The number of benzene rings is 1. The van der Waals surface area contributed by atoms with Gasteiger partial charge in [0.2, 0.25) is 0 Å². The Balaban J connectivity index is 2.20. The normalized spacial score (nSPS) is 18.6. The van der Waals surface area contributed by atoms with E-state index < -0.39 is 5.82 Å². The van der Waals surface area contributed by atoms with Gasteiger partial charge in [-0.1, -0.05) is 30.9 Å². The van der Waals surface area contributed by atoms with Crippen LogP contribution in [-0.2, 0) is 0 Å². The number of halogens is 3. The summed E-state index contributed by atoms with van der Waals surface area (Å²) in [6.45, 7) is 1.90. The summed E-state index contributed by atoms with van der Waals surface area (Å²) < 4.78 is 15.8. The predicted octanol–water partition coefficient (Wildman–Crippen LogP) is 5.63. The number of aromatic nitrogens is 2. The Morgan fingerprint density at radius 1 is 1.30 bits per heavy atom. The fourth-order valence-electron chi connectivity index (χ4n) is 3.11. The van der Waals surface area contributed by atoms with Crippen molar-refractivity contribution in [2.24, 2.45) is 0 Å². The highest BCUT2D eigenvalue weighted by Crippen LogP contribution is 2.36. The van der Waals surface area contributed by atoms with Gasteiger partial charge in [-0.3, -0.25) is 0 Å². The van der Waals surface area contributed by atoms with Crippen LogP contribution in [0.3, 0.4) is 0 Å². The van der Waals surface area contributed by atoms with Crippen molar-refractivity contribution >= 4 is 34.2 Å². The van der Waals surface area contributed by atoms with Crippen molar-refractivity contribution in [3.8, 4) is 0 Å². The average Bonchev–Trinajstić information content (AvgIpc) is 2.79. The molecule has 2 nitrogen and oxygen atoms in total. The lowest BCUT2D eigenvalue weighted by atomic mass is 9.95. The van der Waals surface area contributed by atoms with E-state index in [0.29, 0.717) is 11.6 Å². The first-order valence-corrected chi connectivity index (χ1v) is 7.90. The lowest BCUT2D eigenvalue weighted by Gasteiger charge is -2.26. The van der Waals surface area contributed by atoms with Crippen molar-refractivity contribution in [3.63, 3.8) is 0 Å². The molecule has 1 aromatic heterocycles. The molecule has 0 N–H and O–H groups in total. The second kappa shape index (κ2) is 5.53. The van der Waals surface area contributed by atoms with Gasteiger partial charge in [-0.25, -0.2) is 9.37 Å². The van der Waals surface area contributed by atoms with Gasteiger partial charge in [0.25, 0.3) is 0 Å². The molecule has 2 aromatic rings. The molecule has 0 spiro atoms. The molecular formula is C15H17Cl2FN2. The first kappa shape index (κ1) is 14.2. The molecule has 1 fully saturated rings. The zero-order valence-electron chi connectivity index (χ0n) is 11.4. The topological polar surface area (TPSA) is 17.8 Å². The minimum Gasteiger partial charge on any atom is -0.324 e. The van der Waals surface area contributed by atoms with Crippen molar-refractivity contribution in [1.29, 1.82) is 0 Å². The van der Waals surface area contributed by atoms with Crippen LogP contribution < -0.4 is 0 Å². The van der Waals surface area contributed by atoms with Crippen molar-refractivity contribution in [1.82, 2.24) is 9.55 Å². The highest BCUT2D eigenvalue weighted by Gasteiger charge is 2.24. The van der Waals surface area contributed by atoms with E-state index in [2.05, 4.69) is 9.55 Å². The van der Waals surface area contributed by atoms with Crippen LogP contribution in [0.1, 0.15) is 56.3 Å². The van der Waals surface area contributed by atoms with Crippen molar-refractivity contribution in [2.45, 2.75) is 50.4 Å². The number of hydrogen-bond acceptors (Lipinski definition) is 1. The number of alkyl halides is 1. The lowest BCUT2D eigenvalue weighted by molar-refractivity contribution is 0.352. The third-order valence-electron chi connectivity index (χ3n) is 4.05. The summed E-state index contributed by atoms with van der Waals surface area (Å²) in [5.41, 5.74) is 1.53. The number of rotatable bonds is 2. The SMILES string of the molecule is CC(Cl)c1nc2cc(F)c(Cl)cc2n1C1CCCCC1. The molecule has 1 aromatic carbocycles. The van der Waals surface area contributed by atoms with Gasteiger partial charge in [-0.15, -0.1) is 11.6 Å². The molecule has 108 valence electrons. The van der Waals surface area contributed by atoms with Gasteiger partial charge in [0.1, 0.15) is 11.6 Å². The van der Waals surface area contributed by atoms with E-state index in [9.17, 15) is 4.39 Å². The summed E-state index contributed by atoms with van der Waals surface area (Å²) in [4.78, 5) is 4.52. The van der Waals surface area contributed by atoms with Gasteiger partial charge in [0.05, 0.1) is 21.4 Å². The summed E-state index contributed by atoms with van der Waals surface area (Å²) >= 11 is 12.2. The van der Waals surface area contributed by atoms with Gasteiger partial charge in [-0.2, -0.15) is 0 Å². The molecule has 1 aliphatic carbocycles. The van der Waals surface area contributed by atoms with E-state index in [4.69, 9.17) is 23.2 Å². The molecular weight excluding hydrogens is 298 g/mol. The predicted molar refractivity (Wildman–Crippen MR) is 81.1 cm³/mol. The van der Waals surface area contributed by atoms with Crippen molar-refractivity contribution in [2.75, 3.05) is 0 Å². The van der Waals surface area contributed by atoms with Crippen molar-refractivity contribution < 1.29 is 4.39 Å². The highest BCUT2D eigenvalue weighted by molar-refractivity contribution is 6.31. The minimum absolute atomic E-state index is 0.142. The quantitative estimate of drug-likeness (QED) is 0.656. The Hall–Kier alpha value is -0.800. The van der Waals surface area contributed by atoms with E-state index in [1.807, 2.05) is 6.92 Å². The first-order valence-electron chi connectivity index (χ1n) is 7.09. The average molecular weight is 315 g/mol. The summed E-state index contributed by atoms with van der Waals surface area (Å²) in [5.74, 6) is 0.386. The maximum Gasteiger partial charge on any atom is 0.144 e. The number of nitrogens with zero attached hydrogens (tertiary/aromatic N) is 2. The fraction of sp³-hybridized carbons (Fsp3) is 0.533. The molecule has 3 rings (SSSR count). The summed E-state index contributed by atoms with van der Waals surface area (Å²) in [6, 6.07) is 3.47. The van der Waals surface area contributed by atoms with Gasteiger partial charge in [0, 0.05) is 12.1 Å². The molecule has 5 heteroatoms. The van der Waals surface area contributed by atoms with Crippen LogP contribution in [-0.4, -0.2) is 9.55 Å². The van der Waals surface area contributed by atoms with Crippen LogP contribution in [0.5, 0.6) is 0 Å². The van der Waals surface area contributed by atoms with E-state index in [1.54, 1.807) is 6.07 Å². The van der Waals surface area contributed by atoms with Crippen LogP contribution in [0.15, 0.2) is 12.1 Å². The van der Waals surface area contributed by atoms with Gasteiger partial charge < -0.3 is 4.57 Å². The molecule has 1 aliphatic rings. The van der Waals surface area contributed by atoms with Gasteiger partial charge in [-0.05, 0) is 25.8 Å². The van der Waals surface area contributed by atoms with Crippen LogP contribution in [0, 0.1) is 5.82 Å². The molecule has 1 saturated carbocycles. The molecule has 1 unspecified atom stereocenters. The molecule has 0 saturated heterocycles. The number of fused-ring (bicyclic) bond motifs is 1. The van der Waals surface area contributed by atoms with Gasteiger partial charge >= 0.3 is 0 Å². The maximum atomic E-state index is 13.6. The third-order valence-corrected chi connectivity index (χ3v) is 4.54. The van der Waals surface area contributed by atoms with Crippen LogP contribution >= 0.6 is 23.2 Å². The number of hydrogen-bond donors (Lipinski definition) is 0. The zero-order chi connectivity index (χ0) is 14.3. The zero-order valence-corrected chi connectivity index (χ0v) is 12.9. The van der Waals surface area contributed by atoms with Crippen molar-refractivity contribution in [3.05, 3.63) is 28.8 Å². The van der Waals surface area contributed by atoms with Crippen LogP contribution in [0.4, 0.5) is 4.39 Å². The summed E-state index contributed by atoms with van der Waals surface area (Å²) in [7, 11) is 0. The second-order valence-electron chi connectivity index (χ2n) is 5.50. The van der Waals surface area contributed by atoms with Crippen LogP contribution in [0.25, 0.3) is 11.0 Å². The van der Waals surface area contributed by atoms with E-state index in [0.717, 1.165) is 24.2 Å². The molecule has 0 amide bonds. The molecule has 0 bridgehead atoms.